The highest BCUT2D eigenvalue weighted by atomic mass is 32.2. The molecule has 0 aliphatic rings. The maximum atomic E-state index is 9.35. The van der Waals surface area contributed by atoms with Crippen LogP contribution >= 0.6 is 11.8 Å². The second-order valence-corrected chi connectivity index (χ2v) is 5.46. The van der Waals surface area contributed by atoms with Gasteiger partial charge in [0.1, 0.15) is 6.07 Å². The molecule has 0 radical (unpaired) electrons. The molecule has 1 aromatic heterocycles. The Morgan fingerprint density at radius 3 is 2.79 bits per heavy atom. The minimum absolute atomic E-state index is 0.692. The predicted octanol–water partition coefficient (Wildman–Crippen LogP) is 3.46. The molecule has 98 valence electrons. The maximum Gasteiger partial charge on any atom is 0.103 e. The highest BCUT2D eigenvalue weighted by Gasteiger charge is 2.10. The van der Waals surface area contributed by atoms with Gasteiger partial charge in [-0.1, -0.05) is 13.0 Å². The fourth-order valence-corrected chi connectivity index (χ4v) is 2.68. The van der Waals surface area contributed by atoms with Crippen LogP contribution in [0.25, 0.3) is 0 Å². The number of hydrogen-bond acceptors (Lipinski definition) is 4. The standard InChI is InChI=1S/C14H16N4S/c1-4-19-14-7-5-6-12(11(14)8-15)16-13-9-18(3)17-10(13)2/h5-7,9,16H,4H2,1-3H3. The van der Waals surface area contributed by atoms with Gasteiger partial charge < -0.3 is 5.32 Å². The second-order valence-electron chi connectivity index (χ2n) is 4.15. The summed E-state index contributed by atoms with van der Waals surface area (Å²) in [6.45, 7) is 4.02. The number of hydrogen-bond donors (Lipinski definition) is 1. The van der Waals surface area contributed by atoms with Gasteiger partial charge in [-0.15, -0.1) is 11.8 Å². The monoisotopic (exact) mass is 272 g/mol. The molecule has 0 spiro atoms. The van der Waals surface area contributed by atoms with Gasteiger partial charge >= 0.3 is 0 Å². The average molecular weight is 272 g/mol. The molecule has 0 aliphatic heterocycles. The summed E-state index contributed by atoms with van der Waals surface area (Å²) < 4.78 is 1.76. The number of benzene rings is 1. The van der Waals surface area contributed by atoms with Crippen LogP contribution in [0.5, 0.6) is 0 Å². The van der Waals surface area contributed by atoms with Gasteiger partial charge in [-0.2, -0.15) is 10.4 Å². The van der Waals surface area contributed by atoms with Crippen LogP contribution in [0, 0.1) is 18.3 Å². The van der Waals surface area contributed by atoms with E-state index in [1.54, 1.807) is 16.4 Å². The maximum absolute atomic E-state index is 9.35. The Kier molecular flexibility index (Phi) is 4.13. The summed E-state index contributed by atoms with van der Waals surface area (Å²) in [4.78, 5) is 1.01. The molecular formula is C14H16N4S. The van der Waals surface area contributed by atoms with Gasteiger partial charge in [-0.05, 0) is 24.8 Å². The zero-order valence-corrected chi connectivity index (χ0v) is 12.1. The van der Waals surface area contributed by atoms with Crippen molar-refractivity contribution in [3.63, 3.8) is 0 Å². The van der Waals surface area contributed by atoms with Crippen LogP contribution in [0.15, 0.2) is 29.3 Å². The molecule has 4 nitrogen and oxygen atoms in total. The van der Waals surface area contributed by atoms with Crippen LogP contribution in [0.4, 0.5) is 11.4 Å². The molecule has 0 saturated heterocycles. The first-order valence-corrected chi connectivity index (χ1v) is 7.07. The van der Waals surface area contributed by atoms with Crippen LogP contribution in [-0.2, 0) is 7.05 Å². The molecule has 2 aromatic rings. The molecule has 19 heavy (non-hydrogen) atoms. The zero-order valence-electron chi connectivity index (χ0n) is 11.3. The third-order valence-corrected chi connectivity index (χ3v) is 3.66. The van der Waals surface area contributed by atoms with Crippen molar-refractivity contribution < 1.29 is 0 Å². The summed E-state index contributed by atoms with van der Waals surface area (Å²) in [6.07, 6.45) is 1.91. The van der Waals surface area contributed by atoms with Gasteiger partial charge in [-0.3, -0.25) is 4.68 Å². The smallest absolute Gasteiger partial charge is 0.103 e. The van der Waals surface area contributed by atoms with Crippen LogP contribution in [-0.4, -0.2) is 15.5 Å². The quantitative estimate of drug-likeness (QED) is 0.866. The Hall–Kier alpha value is -1.93. The molecule has 0 amide bonds. The summed E-state index contributed by atoms with van der Waals surface area (Å²) in [6, 6.07) is 8.15. The van der Waals surface area contributed by atoms with Gasteiger partial charge in [0.15, 0.2) is 0 Å². The Morgan fingerprint density at radius 2 is 2.21 bits per heavy atom. The first kappa shape index (κ1) is 13.5. The topological polar surface area (TPSA) is 53.6 Å². The summed E-state index contributed by atoms with van der Waals surface area (Å²) in [5.74, 6) is 0.948. The molecule has 0 atom stereocenters. The van der Waals surface area contributed by atoms with E-state index in [1.807, 2.05) is 38.4 Å². The van der Waals surface area contributed by atoms with Gasteiger partial charge in [0.2, 0.25) is 0 Å². The van der Waals surface area contributed by atoms with Crippen molar-refractivity contribution in [2.24, 2.45) is 7.05 Å². The van der Waals surface area contributed by atoms with E-state index in [-0.39, 0.29) is 0 Å². The number of thioether (sulfide) groups is 1. The minimum Gasteiger partial charge on any atom is -0.352 e. The first-order chi connectivity index (χ1) is 9.15. The van der Waals surface area contributed by atoms with Crippen molar-refractivity contribution in [2.75, 3.05) is 11.1 Å². The van der Waals surface area contributed by atoms with Gasteiger partial charge in [0.25, 0.3) is 0 Å². The molecule has 0 bridgehead atoms. The van der Waals surface area contributed by atoms with E-state index >= 15 is 0 Å². The van der Waals surface area contributed by atoms with Crippen molar-refractivity contribution in [3.8, 4) is 6.07 Å². The fraction of sp³-hybridized carbons (Fsp3) is 0.286. The van der Waals surface area contributed by atoms with E-state index in [0.29, 0.717) is 5.56 Å². The molecule has 0 fully saturated rings. The first-order valence-electron chi connectivity index (χ1n) is 6.09. The fourth-order valence-electron chi connectivity index (χ4n) is 1.89. The molecule has 5 heteroatoms. The number of aryl methyl sites for hydroxylation is 2. The third-order valence-electron chi connectivity index (χ3n) is 2.72. The zero-order chi connectivity index (χ0) is 13.8. The number of nitriles is 1. The van der Waals surface area contributed by atoms with E-state index in [1.165, 1.54) is 0 Å². The predicted molar refractivity (Wildman–Crippen MR) is 78.8 cm³/mol. The number of nitrogens with one attached hydrogen (secondary N) is 1. The summed E-state index contributed by atoms with van der Waals surface area (Å²) in [5.41, 5.74) is 3.37. The lowest BCUT2D eigenvalue weighted by molar-refractivity contribution is 0.756. The lowest BCUT2D eigenvalue weighted by atomic mass is 10.2. The molecule has 0 aliphatic carbocycles. The van der Waals surface area contributed by atoms with Crippen molar-refractivity contribution >= 4 is 23.1 Å². The van der Waals surface area contributed by atoms with Crippen molar-refractivity contribution in [1.82, 2.24) is 9.78 Å². The minimum atomic E-state index is 0.692. The van der Waals surface area contributed by atoms with Crippen molar-refractivity contribution in [2.45, 2.75) is 18.7 Å². The summed E-state index contributed by atoms with van der Waals surface area (Å²) >= 11 is 1.68. The Morgan fingerprint density at radius 1 is 1.42 bits per heavy atom. The lowest BCUT2D eigenvalue weighted by Crippen LogP contribution is -1.95. The summed E-state index contributed by atoms with van der Waals surface area (Å²) in [5, 5.41) is 16.9. The highest BCUT2D eigenvalue weighted by molar-refractivity contribution is 7.99. The van der Waals surface area contributed by atoms with Crippen LogP contribution in [0.2, 0.25) is 0 Å². The largest absolute Gasteiger partial charge is 0.352 e. The Balaban J connectivity index is 2.38. The SMILES string of the molecule is CCSc1cccc(Nc2cn(C)nc2C)c1C#N. The normalized spacial score (nSPS) is 10.2. The number of aromatic nitrogens is 2. The summed E-state index contributed by atoms with van der Waals surface area (Å²) in [7, 11) is 1.88. The average Bonchev–Trinajstić information content (AvgIpc) is 2.69. The number of rotatable bonds is 4. The van der Waals surface area contributed by atoms with Crippen LogP contribution in [0.3, 0.4) is 0 Å². The van der Waals surface area contributed by atoms with Gasteiger partial charge in [0, 0.05) is 18.1 Å². The highest BCUT2D eigenvalue weighted by Crippen LogP contribution is 2.30. The Labute approximate surface area is 117 Å². The third kappa shape index (κ3) is 2.91. The molecule has 1 aromatic carbocycles. The Bertz CT molecular complexity index is 625. The van der Waals surface area contributed by atoms with Gasteiger partial charge in [0.05, 0.1) is 22.6 Å². The van der Waals surface area contributed by atoms with Crippen molar-refractivity contribution in [3.05, 3.63) is 35.7 Å². The van der Waals surface area contributed by atoms with E-state index in [2.05, 4.69) is 23.4 Å². The molecule has 0 unspecified atom stereocenters. The van der Waals surface area contributed by atoms with E-state index in [9.17, 15) is 5.26 Å². The lowest BCUT2D eigenvalue weighted by Gasteiger charge is -2.10. The molecule has 1 heterocycles. The molecule has 2 rings (SSSR count). The van der Waals surface area contributed by atoms with E-state index < -0.39 is 0 Å². The van der Waals surface area contributed by atoms with Gasteiger partial charge in [-0.25, -0.2) is 0 Å². The number of anilines is 2. The van der Waals surface area contributed by atoms with Crippen LogP contribution in [0.1, 0.15) is 18.2 Å². The second kappa shape index (κ2) is 5.81. The van der Waals surface area contributed by atoms with E-state index in [0.717, 1.165) is 27.7 Å². The molecular weight excluding hydrogens is 256 g/mol. The molecule has 1 N–H and O–H groups in total. The van der Waals surface area contributed by atoms with E-state index in [4.69, 9.17) is 0 Å². The van der Waals surface area contributed by atoms with Crippen LogP contribution < -0.4 is 5.32 Å². The number of nitrogens with zero attached hydrogens (tertiary/aromatic N) is 3. The molecule has 0 saturated carbocycles. The van der Waals surface area contributed by atoms with Crippen molar-refractivity contribution in [1.29, 1.82) is 5.26 Å².